The maximum atomic E-state index is 13.6. The molecule has 0 radical (unpaired) electrons. The molecule has 2 aromatic carbocycles. The summed E-state index contributed by atoms with van der Waals surface area (Å²) in [6, 6.07) is 15.8. The Hall–Kier alpha value is -3.01. The van der Waals surface area contributed by atoms with Gasteiger partial charge in [-0.2, -0.15) is 0 Å². The van der Waals surface area contributed by atoms with Crippen LogP contribution in [0.3, 0.4) is 0 Å². The summed E-state index contributed by atoms with van der Waals surface area (Å²) in [5.41, 5.74) is 6.00. The third-order valence-electron chi connectivity index (χ3n) is 6.53. The minimum Gasteiger partial charge on any atom is -0.322 e. The molecule has 1 saturated carbocycles. The van der Waals surface area contributed by atoms with E-state index in [1.807, 2.05) is 69.3 Å². The van der Waals surface area contributed by atoms with Gasteiger partial charge in [-0.25, -0.2) is 0 Å². The molecule has 4 nitrogen and oxygen atoms in total. The molecule has 1 unspecified atom stereocenters. The third kappa shape index (κ3) is 3.99. The Morgan fingerprint density at radius 2 is 1.58 bits per heavy atom. The number of hydrogen-bond acceptors (Lipinski definition) is 3. The summed E-state index contributed by atoms with van der Waals surface area (Å²) in [4.78, 5) is 31.8. The highest BCUT2D eigenvalue weighted by atomic mass is 16.2. The smallest absolute Gasteiger partial charge is 0.254 e. The quantitative estimate of drug-likeness (QED) is 0.694. The molecule has 2 atom stereocenters. The van der Waals surface area contributed by atoms with Crippen LogP contribution in [0, 0.1) is 25.2 Å². The zero-order valence-corrected chi connectivity index (χ0v) is 19.0. The lowest BCUT2D eigenvalue weighted by atomic mass is 9.63. The van der Waals surface area contributed by atoms with Gasteiger partial charge in [0.2, 0.25) is 0 Å². The Morgan fingerprint density at radius 3 is 2.26 bits per heavy atom. The van der Waals surface area contributed by atoms with E-state index in [2.05, 4.69) is 19.2 Å². The fourth-order valence-electron chi connectivity index (χ4n) is 5.06. The van der Waals surface area contributed by atoms with Crippen molar-refractivity contribution in [1.29, 1.82) is 0 Å². The lowest BCUT2D eigenvalue weighted by molar-refractivity contribution is -0.124. The first-order valence-corrected chi connectivity index (χ1v) is 10.9. The van der Waals surface area contributed by atoms with Crippen molar-refractivity contribution in [2.75, 3.05) is 5.32 Å². The monoisotopic (exact) mass is 414 g/mol. The first-order valence-electron chi connectivity index (χ1n) is 10.9. The van der Waals surface area contributed by atoms with Crippen molar-refractivity contribution in [3.8, 4) is 0 Å². The Balaban J connectivity index is 1.85. The fourth-order valence-corrected chi connectivity index (χ4v) is 5.06. The van der Waals surface area contributed by atoms with Crippen LogP contribution in [0.25, 0.3) is 0 Å². The number of Topliss-reactive ketones (excluding diaryl/α,β-unsaturated/α-hetero) is 1. The highest BCUT2D eigenvalue weighted by Crippen LogP contribution is 2.47. The molecule has 160 valence electrons. The first kappa shape index (κ1) is 21.2. The van der Waals surface area contributed by atoms with Gasteiger partial charge in [0.1, 0.15) is 5.78 Å². The predicted molar refractivity (Wildman–Crippen MR) is 125 cm³/mol. The van der Waals surface area contributed by atoms with Gasteiger partial charge in [0.05, 0.1) is 5.92 Å². The molecule has 4 heteroatoms. The summed E-state index contributed by atoms with van der Waals surface area (Å²) in [6.07, 6.45) is 1.28. The van der Waals surface area contributed by atoms with Gasteiger partial charge in [-0.1, -0.05) is 56.3 Å². The van der Waals surface area contributed by atoms with E-state index in [-0.39, 0.29) is 28.9 Å². The number of aryl methyl sites for hydroxylation is 2. The second kappa shape index (κ2) is 7.92. The lowest BCUT2D eigenvalue weighted by Crippen LogP contribution is -2.44. The number of anilines is 1. The summed E-state index contributed by atoms with van der Waals surface area (Å²) in [5.74, 6) is -0.700. The predicted octanol–water partition coefficient (Wildman–Crippen LogP) is 5.76. The Bertz CT molecular complexity index is 1120. The van der Waals surface area contributed by atoms with Crippen molar-refractivity contribution in [3.63, 3.8) is 0 Å². The van der Waals surface area contributed by atoms with Crippen molar-refractivity contribution >= 4 is 23.1 Å². The SMILES string of the molecule is CC1=C(C(=O)Nc2ccccc2C)[C@H](c2ccccc2C)C2C(=O)CC(C)(C)CC2=N1. The Morgan fingerprint density at radius 1 is 0.935 bits per heavy atom. The molecule has 0 saturated heterocycles. The summed E-state index contributed by atoms with van der Waals surface area (Å²) >= 11 is 0. The van der Waals surface area contributed by atoms with E-state index in [9.17, 15) is 9.59 Å². The summed E-state index contributed by atoms with van der Waals surface area (Å²) < 4.78 is 0. The molecule has 0 spiro atoms. The number of allylic oxidation sites excluding steroid dienone is 1. The first-order chi connectivity index (χ1) is 14.7. The maximum absolute atomic E-state index is 13.6. The zero-order valence-electron chi connectivity index (χ0n) is 19.0. The van der Waals surface area contributed by atoms with Crippen LogP contribution in [-0.2, 0) is 9.59 Å². The highest BCUT2D eigenvalue weighted by molar-refractivity contribution is 6.14. The van der Waals surface area contributed by atoms with Crippen molar-refractivity contribution in [2.45, 2.75) is 53.4 Å². The molecule has 1 fully saturated rings. The van der Waals surface area contributed by atoms with Crippen molar-refractivity contribution in [2.24, 2.45) is 16.3 Å². The van der Waals surface area contributed by atoms with E-state index < -0.39 is 0 Å². The Labute approximate surface area is 184 Å². The number of para-hydroxylation sites is 1. The molecule has 1 aliphatic heterocycles. The molecule has 1 amide bonds. The van der Waals surface area contributed by atoms with Gasteiger partial charge >= 0.3 is 0 Å². The van der Waals surface area contributed by atoms with Gasteiger partial charge in [-0.3, -0.25) is 14.6 Å². The van der Waals surface area contributed by atoms with Crippen LogP contribution >= 0.6 is 0 Å². The number of amides is 1. The second-order valence-electron chi connectivity index (χ2n) is 9.67. The average Bonchev–Trinajstić information content (AvgIpc) is 2.68. The number of fused-ring (bicyclic) bond motifs is 1. The molecule has 31 heavy (non-hydrogen) atoms. The highest BCUT2D eigenvalue weighted by Gasteiger charge is 2.47. The average molecular weight is 415 g/mol. The lowest BCUT2D eigenvalue weighted by Gasteiger charge is -2.41. The molecular formula is C27H30N2O2. The molecule has 2 aromatic rings. The number of carbonyl (C=O) groups excluding carboxylic acids is 2. The molecule has 2 aliphatic rings. The molecule has 1 aliphatic carbocycles. The van der Waals surface area contributed by atoms with Crippen LogP contribution in [0.2, 0.25) is 0 Å². The molecule has 0 aromatic heterocycles. The van der Waals surface area contributed by atoms with E-state index in [4.69, 9.17) is 4.99 Å². The number of nitrogens with zero attached hydrogens (tertiary/aromatic N) is 1. The van der Waals surface area contributed by atoms with Crippen LogP contribution in [0.5, 0.6) is 0 Å². The summed E-state index contributed by atoms with van der Waals surface area (Å²) in [6.45, 7) is 10.1. The summed E-state index contributed by atoms with van der Waals surface area (Å²) in [7, 11) is 0. The maximum Gasteiger partial charge on any atom is 0.254 e. The van der Waals surface area contributed by atoms with Crippen LogP contribution in [0.4, 0.5) is 5.69 Å². The van der Waals surface area contributed by atoms with E-state index in [1.165, 1.54) is 0 Å². The van der Waals surface area contributed by atoms with E-state index in [1.54, 1.807) is 0 Å². The third-order valence-corrected chi connectivity index (χ3v) is 6.53. The van der Waals surface area contributed by atoms with Gasteiger partial charge < -0.3 is 5.32 Å². The number of hydrogen-bond donors (Lipinski definition) is 1. The number of benzene rings is 2. The molecular weight excluding hydrogens is 384 g/mol. The fraction of sp³-hybridized carbons (Fsp3) is 0.370. The van der Waals surface area contributed by atoms with Gasteiger partial charge in [0, 0.05) is 35.0 Å². The van der Waals surface area contributed by atoms with Crippen LogP contribution in [0.15, 0.2) is 64.8 Å². The molecule has 1 N–H and O–H groups in total. The topological polar surface area (TPSA) is 58.5 Å². The minimum absolute atomic E-state index is 0.107. The van der Waals surface area contributed by atoms with E-state index in [0.29, 0.717) is 17.7 Å². The number of carbonyl (C=O) groups is 2. The summed E-state index contributed by atoms with van der Waals surface area (Å²) in [5, 5.41) is 3.08. The van der Waals surface area contributed by atoms with Gasteiger partial charge in [0.25, 0.3) is 5.91 Å². The van der Waals surface area contributed by atoms with Gasteiger partial charge in [-0.15, -0.1) is 0 Å². The van der Waals surface area contributed by atoms with Crippen LogP contribution in [0.1, 0.15) is 56.2 Å². The normalized spacial score (nSPS) is 22.6. The van der Waals surface area contributed by atoms with Gasteiger partial charge in [-0.05, 0) is 55.4 Å². The van der Waals surface area contributed by atoms with Crippen molar-refractivity contribution in [3.05, 3.63) is 76.5 Å². The zero-order chi connectivity index (χ0) is 22.3. The Kier molecular flexibility index (Phi) is 5.42. The van der Waals surface area contributed by atoms with Crippen molar-refractivity contribution < 1.29 is 9.59 Å². The molecule has 4 rings (SSSR count). The number of aliphatic imine (C=N–C) groups is 1. The number of rotatable bonds is 3. The second-order valence-corrected chi connectivity index (χ2v) is 9.67. The molecule has 0 bridgehead atoms. The van der Waals surface area contributed by atoms with Gasteiger partial charge in [0.15, 0.2) is 0 Å². The minimum atomic E-state index is -0.379. The largest absolute Gasteiger partial charge is 0.322 e. The van der Waals surface area contributed by atoms with E-state index >= 15 is 0 Å². The van der Waals surface area contributed by atoms with Crippen LogP contribution in [-0.4, -0.2) is 17.4 Å². The van der Waals surface area contributed by atoms with Crippen LogP contribution < -0.4 is 5.32 Å². The number of ketones is 1. The van der Waals surface area contributed by atoms with E-state index in [0.717, 1.165) is 34.5 Å². The molecule has 1 heterocycles. The van der Waals surface area contributed by atoms with Crippen molar-refractivity contribution in [1.82, 2.24) is 0 Å². The standard InChI is InChI=1S/C27H30N2O2/c1-16-10-6-8-12-19(16)24-23(26(31)29-20-13-9-7-11-17(20)2)18(3)28-21-14-27(4,5)15-22(30)25(21)24/h6-13,24-25H,14-15H2,1-5H3,(H,29,31)/t24-,25?/m0/s1. The number of nitrogens with one attached hydrogen (secondary N) is 1.